The normalized spacial score (nSPS) is 12.2. The Kier molecular flexibility index (Phi) is 8.38. The third-order valence-corrected chi connectivity index (χ3v) is 4.12. The summed E-state index contributed by atoms with van der Waals surface area (Å²) in [5.41, 5.74) is 1.91. The SMILES string of the molecule is CCSCCC(C)NC(=O)c1ccccc1CCNC. The maximum absolute atomic E-state index is 12.3. The van der Waals surface area contributed by atoms with Gasteiger partial charge in [-0.25, -0.2) is 0 Å². The Bertz CT molecular complexity index is 409. The number of nitrogens with one attached hydrogen (secondary N) is 2. The van der Waals surface area contributed by atoms with Crippen molar-refractivity contribution in [2.45, 2.75) is 32.7 Å². The van der Waals surface area contributed by atoms with Crippen molar-refractivity contribution in [2.24, 2.45) is 0 Å². The van der Waals surface area contributed by atoms with Crippen LogP contribution in [0.3, 0.4) is 0 Å². The first kappa shape index (κ1) is 17.1. The van der Waals surface area contributed by atoms with E-state index in [2.05, 4.69) is 24.5 Å². The molecule has 0 radical (unpaired) electrons. The maximum atomic E-state index is 12.3. The topological polar surface area (TPSA) is 41.1 Å². The Hall–Kier alpha value is -1.00. The molecule has 0 spiro atoms. The Morgan fingerprint density at radius 2 is 2.10 bits per heavy atom. The molecule has 0 aliphatic heterocycles. The second kappa shape index (κ2) is 9.83. The summed E-state index contributed by atoms with van der Waals surface area (Å²) in [5.74, 6) is 2.28. The van der Waals surface area contributed by atoms with Gasteiger partial charge in [-0.3, -0.25) is 4.79 Å². The van der Waals surface area contributed by atoms with E-state index in [1.54, 1.807) is 0 Å². The van der Waals surface area contributed by atoms with Crippen molar-refractivity contribution in [3.8, 4) is 0 Å². The summed E-state index contributed by atoms with van der Waals surface area (Å²) in [7, 11) is 1.93. The van der Waals surface area contributed by atoms with E-state index < -0.39 is 0 Å². The molecule has 4 heteroatoms. The molecule has 1 atom stereocenters. The molecule has 1 aromatic rings. The Morgan fingerprint density at radius 1 is 1.35 bits per heavy atom. The molecular weight excluding hydrogens is 268 g/mol. The van der Waals surface area contributed by atoms with Crippen molar-refractivity contribution in [1.82, 2.24) is 10.6 Å². The lowest BCUT2D eigenvalue weighted by Gasteiger charge is -2.15. The fourth-order valence-corrected chi connectivity index (χ4v) is 2.81. The molecule has 0 heterocycles. The minimum absolute atomic E-state index is 0.0469. The molecule has 3 nitrogen and oxygen atoms in total. The molecule has 1 amide bonds. The highest BCUT2D eigenvalue weighted by atomic mass is 32.2. The molecule has 1 unspecified atom stereocenters. The molecule has 0 fully saturated rings. The zero-order valence-electron chi connectivity index (χ0n) is 12.7. The Labute approximate surface area is 126 Å². The van der Waals surface area contributed by atoms with Crippen LogP contribution in [-0.2, 0) is 6.42 Å². The first-order valence-electron chi connectivity index (χ1n) is 7.30. The van der Waals surface area contributed by atoms with Crippen LogP contribution in [-0.4, -0.2) is 37.0 Å². The van der Waals surface area contributed by atoms with E-state index in [4.69, 9.17) is 0 Å². The van der Waals surface area contributed by atoms with Crippen LogP contribution in [0.25, 0.3) is 0 Å². The average molecular weight is 294 g/mol. The van der Waals surface area contributed by atoms with Gasteiger partial charge in [0.15, 0.2) is 0 Å². The van der Waals surface area contributed by atoms with E-state index in [-0.39, 0.29) is 11.9 Å². The summed E-state index contributed by atoms with van der Waals surface area (Å²) in [6.07, 6.45) is 1.89. The van der Waals surface area contributed by atoms with Crippen molar-refractivity contribution >= 4 is 17.7 Å². The van der Waals surface area contributed by atoms with E-state index in [0.29, 0.717) is 0 Å². The second-order valence-corrected chi connectivity index (χ2v) is 6.26. The van der Waals surface area contributed by atoms with Gasteiger partial charge in [0.1, 0.15) is 0 Å². The minimum Gasteiger partial charge on any atom is -0.350 e. The van der Waals surface area contributed by atoms with E-state index in [9.17, 15) is 4.79 Å². The lowest BCUT2D eigenvalue weighted by Crippen LogP contribution is -2.33. The molecular formula is C16H26N2OS. The van der Waals surface area contributed by atoms with Crippen molar-refractivity contribution in [3.05, 3.63) is 35.4 Å². The monoisotopic (exact) mass is 294 g/mol. The van der Waals surface area contributed by atoms with E-state index in [1.165, 1.54) is 0 Å². The lowest BCUT2D eigenvalue weighted by molar-refractivity contribution is 0.0938. The largest absolute Gasteiger partial charge is 0.350 e. The maximum Gasteiger partial charge on any atom is 0.251 e. The number of amides is 1. The zero-order valence-corrected chi connectivity index (χ0v) is 13.6. The van der Waals surface area contributed by atoms with Crippen molar-refractivity contribution in [3.63, 3.8) is 0 Å². The van der Waals surface area contributed by atoms with Crippen molar-refractivity contribution in [2.75, 3.05) is 25.1 Å². The van der Waals surface area contributed by atoms with Crippen LogP contribution in [0.4, 0.5) is 0 Å². The molecule has 0 aliphatic rings. The number of rotatable bonds is 9. The van der Waals surface area contributed by atoms with Crippen LogP contribution < -0.4 is 10.6 Å². The van der Waals surface area contributed by atoms with Gasteiger partial charge in [0.05, 0.1) is 0 Å². The summed E-state index contributed by atoms with van der Waals surface area (Å²) in [6, 6.07) is 8.08. The smallest absolute Gasteiger partial charge is 0.251 e. The summed E-state index contributed by atoms with van der Waals surface area (Å²) in [6.45, 7) is 5.11. The van der Waals surface area contributed by atoms with E-state index in [1.807, 2.05) is 43.1 Å². The molecule has 0 saturated heterocycles. The van der Waals surface area contributed by atoms with Gasteiger partial charge in [0, 0.05) is 11.6 Å². The van der Waals surface area contributed by atoms with Gasteiger partial charge in [-0.2, -0.15) is 11.8 Å². The van der Waals surface area contributed by atoms with Crippen molar-refractivity contribution in [1.29, 1.82) is 0 Å². The van der Waals surface area contributed by atoms with Crippen LogP contribution in [0, 0.1) is 0 Å². The van der Waals surface area contributed by atoms with Gasteiger partial charge in [0.25, 0.3) is 5.91 Å². The molecule has 112 valence electrons. The molecule has 0 saturated carbocycles. The van der Waals surface area contributed by atoms with Gasteiger partial charge in [0.2, 0.25) is 0 Å². The van der Waals surface area contributed by atoms with Crippen LogP contribution in [0.5, 0.6) is 0 Å². The first-order chi connectivity index (χ1) is 9.69. The first-order valence-corrected chi connectivity index (χ1v) is 8.45. The number of thioether (sulfide) groups is 1. The summed E-state index contributed by atoms with van der Waals surface area (Å²) in [4.78, 5) is 12.3. The van der Waals surface area contributed by atoms with Crippen LogP contribution in [0.1, 0.15) is 36.2 Å². The summed E-state index contributed by atoms with van der Waals surface area (Å²) >= 11 is 1.91. The predicted molar refractivity (Wildman–Crippen MR) is 88.6 cm³/mol. The van der Waals surface area contributed by atoms with Gasteiger partial charge in [-0.15, -0.1) is 0 Å². The third kappa shape index (κ3) is 5.97. The average Bonchev–Trinajstić information content (AvgIpc) is 2.45. The highest BCUT2D eigenvalue weighted by molar-refractivity contribution is 7.99. The highest BCUT2D eigenvalue weighted by Crippen LogP contribution is 2.10. The molecule has 0 bridgehead atoms. The molecule has 0 aromatic heterocycles. The molecule has 1 rings (SSSR count). The predicted octanol–water partition coefficient (Wildman–Crippen LogP) is 2.71. The lowest BCUT2D eigenvalue weighted by atomic mass is 10.0. The fourth-order valence-electron chi connectivity index (χ4n) is 2.00. The van der Waals surface area contributed by atoms with E-state index in [0.717, 1.165) is 42.0 Å². The molecule has 20 heavy (non-hydrogen) atoms. The van der Waals surface area contributed by atoms with Gasteiger partial charge in [-0.05, 0) is 56.5 Å². The number of likely N-dealkylation sites (N-methyl/N-ethyl adjacent to an activating group) is 1. The molecule has 2 N–H and O–H groups in total. The van der Waals surface area contributed by atoms with E-state index >= 15 is 0 Å². The summed E-state index contributed by atoms with van der Waals surface area (Å²) < 4.78 is 0. The number of hydrogen-bond donors (Lipinski definition) is 2. The molecule has 1 aromatic carbocycles. The molecule has 0 aliphatic carbocycles. The number of benzene rings is 1. The van der Waals surface area contributed by atoms with Crippen LogP contribution >= 0.6 is 11.8 Å². The van der Waals surface area contributed by atoms with Crippen molar-refractivity contribution < 1.29 is 4.79 Å². The quantitative estimate of drug-likeness (QED) is 0.688. The number of hydrogen-bond acceptors (Lipinski definition) is 3. The minimum atomic E-state index is 0.0469. The standard InChI is InChI=1S/C16H26N2OS/c1-4-20-12-10-13(2)18-16(19)15-8-6-5-7-14(15)9-11-17-3/h5-8,13,17H,4,9-12H2,1-3H3,(H,18,19). The number of carbonyl (C=O) groups excluding carboxylic acids is 1. The van der Waals surface area contributed by atoms with Gasteiger partial charge < -0.3 is 10.6 Å². The second-order valence-electron chi connectivity index (χ2n) is 4.87. The summed E-state index contributed by atoms with van der Waals surface area (Å²) in [5, 5.41) is 6.22. The number of carbonyl (C=O) groups is 1. The fraction of sp³-hybridized carbons (Fsp3) is 0.562. The van der Waals surface area contributed by atoms with Gasteiger partial charge >= 0.3 is 0 Å². The Balaban J connectivity index is 2.57. The zero-order chi connectivity index (χ0) is 14.8. The van der Waals surface area contributed by atoms with Gasteiger partial charge in [-0.1, -0.05) is 25.1 Å². The van der Waals surface area contributed by atoms with Crippen LogP contribution in [0.15, 0.2) is 24.3 Å². The Morgan fingerprint density at radius 3 is 2.80 bits per heavy atom. The highest BCUT2D eigenvalue weighted by Gasteiger charge is 2.12. The van der Waals surface area contributed by atoms with Crippen LogP contribution in [0.2, 0.25) is 0 Å². The third-order valence-electron chi connectivity index (χ3n) is 3.18.